The minimum Gasteiger partial charge on any atom is -0.454 e. The molecule has 5 atom stereocenters. The van der Waals surface area contributed by atoms with E-state index in [2.05, 4.69) is 41.2 Å². The highest BCUT2D eigenvalue weighted by Gasteiger charge is 2.74. The van der Waals surface area contributed by atoms with Gasteiger partial charge < -0.3 is 14.8 Å². The van der Waals surface area contributed by atoms with Crippen molar-refractivity contribution in [3.8, 4) is 0 Å². The van der Waals surface area contributed by atoms with E-state index in [0.717, 1.165) is 47.1 Å². The molecule has 8 heteroatoms. The van der Waals surface area contributed by atoms with Crippen LogP contribution in [-0.2, 0) is 19.7 Å². The monoisotopic (exact) mass is 667 g/mol. The maximum absolute atomic E-state index is 14.8. The Morgan fingerprint density at radius 3 is 2.13 bits per heavy atom. The summed E-state index contributed by atoms with van der Waals surface area (Å²) in [6.45, 7) is 4.59. The lowest BCUT2D eigenvalue weighted by Crippen LogP contribution is -2.63. The molecule has 3 fully saturated rings. The lowest BCUT2D eigenvalue weighted by Gasteiger charge is -2.57. The summed E-state index contributed by atoms with van der Waals surface area (Å²) in [6.07, 6.45) is 5.35. The van der Waals surface area contributed by atoms with Crippen molar-refractivity contribution in [1.29, 1.82) is 0 Å². The lowest BCUT2D eigenvalue weighted by atomic mass is 9.53. The third-order valence-corrected chi connectivity index (χ3v) is 11.6. The van der Waals surface area contributed by atoms with Crippen molar-refractivity contribution in [2.24, 2.45) is 5.41 Å². The third-order valence-electron chi connectivity index (χ3n) is 11.1. The molecule has 6 nitrogen and oxygen atoms in total. The van der Waals surface area contributed by atoms with Crippen molar-refractivity contribution in [3.05, 3.63) is 130 Å². The van der Waals surface area contributed by atoms with Gasteiger partial charge in [0.15, 0.2) is 0 Å². The van der Waals surface area contributed by atoms with Gasteiger partial charge in [0.2, 0.25) is 0 Å². The van der Waals surface area contributed by atoms with Crippen LogP contribution in [0.5, 0.6) is 0 Å². The third kappa shape index (κ3) is 4.99. The van der Waals surface area contributed by atoms with Crippen LogP contribution >= 0.6 is 23.2 Å². The maximum Gasteiger partial charge on any atom is 0.324 e. The normalized spacial score (nSPS) is 28.0. The van der Waals surface area contributed by atoms with Crippen LogP contribution in [0.2, 0.25) is 10.2 Å². The van der Waals surface area contributed by atoms with Crippen molar-refractivity contribution in [3.63, 3.8) is 0 Å². The zero-order valence-corrected chi connectivity index (χ0v) is 28.3. The fraction of sp³-hybridized carbons (Fsp3) is 0.359. The number of cyclic esters (lactones) is 1. The number of rotatable bonds is 6. The van der Waals surface area contributed by atoms with Gasteiger partial charge in [0.25, 0.3) is 0 Å². The first-order chi connectivity index (χ1) is 22.7. The topological polar surface area (TPSA) is 71.5 Å². The van der Waals surface area contributed by atoms with Gasteiger partial charge >= 0.3 is 5.97 Å². The molecule has 7 rings (SSSR count). The minimum atomic E-state index is -1.20. The summed E-state index contributed by atoms with van der Waals surface area (Å²) in [5.41, 5.74) is 2.37. The molecule has 2 saturated heterocycles. The van der Waals surface area contributed by atoms with Crippen LogP contribution in [0.3, 0.4) is 0 Å². The molecule has 1 N–H and O–H groups in total. The summed E-state index contributed by atoms with van der Waals surface area (Å²) < 4.78 is 6.58. The molecule has 2 aliphatic heterocycles. The number of aromatic nitrogens is 1. The Hall–Kier alpha value is -3.71. The molecule has 0 amide bonds. The average molecular weight is 669 g/mol. The Morgan fingerprint density at radius 2 is 1.51 bits per heavy atom. The second-order valence-corrected chi connectivity index (χ2v) is 14.8. The van der Waals surface area contributed by atoms with E-state index in [0.29, 0.717) is 23.0 Å². The average Bonchev–Trinajstić information content (AvgIpc) is 3.34. The zero-order valence-electron chi connectivity index (χ0n) is 26.8. The Morgan fingerprint density at radius 1 is 0.851 bits per heavy atom. The van der Waals surface area contributed by atoms with E-state index in [1.165, 1.54) is 0 Å². The minimum absolute atomic E-state index is 0.0661. The van der Waals surface area contributed by atoms with Crippen LogP contribution < -0.4 is 5.32 Å². The molecule has 242 valence electrons. The number of carbonyl (C=O) groups is 2. The first kappa shape index (κ1) is 31.9. The fourth-order valence-electron chi connectivity index (χ4n) is 8.97. The molecule has 3 aromatic carbocycles. The van der Waals surface area contributed by atoms with E-state index in [4.69, 9.17) is 27.9 Å². The summed E-state index contributed by atoms with van der Waals surface area (Å²) in [6, 6.07) is 28.5. The number of esters is 1. The SMILES string of the molecule is CNc1cc(Cl)ccc1[C@@]1(C=O)[C@@H](c2ccnc(Cl)c2)[C@@H]2C(=O)O[C@@H](c3ccccc3)[C@@H](c3ccccc3)N2C12CCC(C)(C)CC2. The number of fused-ring (bicyclic) bond motifs is 2. The molecular weight excluding hydrogens is 629 g/mol. The molecule has 1 saturated carbocycles. The van der Waals surface area contributed by atoms with E-state index >= 15 is 0 Å². The van der Waals surface area contributed by atoms with Crippen LogP contribution in [0.25, 0.3) is 0 Å². The number of anilines is 1. The Labute approximate surface area is 286 Å². The second kappa shape index (κ2) is 12.1. The van der Waals surface area contributed by atoms with Crippen LogP contribution in [-0.4, -0.2) is 40.8 Å². The van der Waals surface area contributed by atoms with Gasteiger partial charge in [-0.2, -0.15) is 0 Å². The first-order valence-corrected chi connectivity index (χ1v) is 17.1. The van der Waals surface area contributed by atoms with Crippen LogP contribution in [0.15, 0.2) is 97.2 Å². The van der Waals surface area contributed by atoms with Crippen molar-refractivity contribution in [2.75, 3.05) is 12.4 Å². The number of morpholine rings is 1. The molecule has 0 radical (unpaired) electrons. The molecule has 3 aliphatic rings. The number of pyridine rings is 1. The number of carbonyl (C=O) groups excluding carboxylic acids is 2. The van der Waals surface area contributed by atoms with E-state index in [-0.39, 0.29) is 17.4 Å². The molecule has 0 bridgehead atoms. The molecule has 47 heavy (non-hydrogen) atoms. The van der Waals surface area contributed by atoms with E-state index in [1.807, 2.05) is 79.8 Å². The highest BCUT2D eigenvalue weighted by Crippen LogP contribution is 2.68. The largest absolute Gasteiger partial charge is 0.454 e. The van der Waals surface area contributed by atoms with Gasteiger partial charge in [-0.15, -0.1) is 0 Å². The van der Waals surface area contributed by atoms with Gasteiger partial charge in [-0.3, -0.25) is 9.69 Å². The standard InChI is InChI=1S/C39H39Cl2N3O3/c1-37(2)17-19-38(20-18-37)39(24-45,29-15-14-28(40)23-30(29)42-3)32(27-16-21-43-31(41)22-27)34-36(46)47-35(26-12-8-5-9-13-26)33(44(34)38)25-10-6-4-7-11-25/h4-16,21-24,32-35,42H,17-20H2,1-3H3/t32-,33+,34+,35-,39-/m0/s1. The summed E-state index contributed by atoms with van der Waals surface area (Å²) in [5.74, 6) is -0.984. The summed E-state index contributed by atoms with van der Waals surface area (Å²) in [4.78, 5) is 36.1. The summed E-state index contributed by atoms with van der Waals surface area (Å²) in [5, 5.41) is 4.21. The van der Waals surface area contributed by atoms with Gasteiger partial charge in [0, 0.05) is 35.4 Å². The number of aldehydes is 1. The maximum atomic E-state index is 14.8. The summed E-state index contributed by atoms with van der Waals surface area (Å²) >= 11 is 13.2. The van der Waals surface area contributed by atoms with E-state index < -0.39 is 29.0 Å². The number of hydrogen-bond donors (Lipinski definition) is 1. The van der Waals surface area contributed by atoms with Gasteiger partial charge in [-0.05, 0) is 77.6 Å². The van der Waals surface area contributed by atoms with E-state index in [1.54, 1.807) is 12.3 Å². The van der Waals surface area contributed by atoms with Gasteiger partial charge in [-0.1, -0.05) is 104 Å². The first-order valence-electron chi connectivity index (χ1n) is 16.3. The highest BCUT2D eigenvalue weighted by atomic mass is 35.5. The second-order valence-electron chi connectivity index (χ2n) is 14.0. The predicted molar refractivity (Wildman–Crippen MR) is 186 cm³/mol. The van der Waals surface area contributed by atoms with Crippen LogP contribution in [0.4, 0.5) is 5.69 Å². The number of benzene rings is 3. The summed E-state index contributed by atoms with van der Waals surface area (Å²) in [7, 11) is 1.84. The molecule has 3 heterocycles. The Kier molecular flexibility index (Phi) is 8.18. The molecule has 0 unspecified atom stereocenters. The van der Waals surface area contributed by atoms with Gasteiger partial charge in [0.1, 0.15) is 23.6 Å². The number of nitrogens with zero attached hydrogens (tertiary/aromatic N) is 2. The van der Waals surface area contributed by atoms with Crippen molar-refractivity contribution < 1.29 is 14.3 Å². The predicted octanol–water partition coefficient (Wildman–Crippen LogP) is 8.71. The van der Waals surface area contributed by atoms with Crippen molar-refractivity contribution in [1.82, 2.24) is 9.88 Å². The van der Waals surface area contributed by atoms with Crippen LogP contribution in [0.1, 0.15) is 79.8 Å². The van der Waals surface area contributed by atoms with Gasteiger partial charge in [0.05, 0.1) is 11.5 Å². The number of hydrogen-bond acceptors (Lipinski definition) is 6. The van der Waals surface area contributed by atoms with Crippen LogP contribution in [0, 0.1) is 5.41 Å². The lowest BCUT2D eigenvalue weighted by molar-refractivity contribution is -0.183. The van der Waals surface area contributed by atoms with Crippen molar-refractivity contribution in [2.45, 2.75) is 74.6 Å². The number of halogens is 2. The number of ether oxygens (including phenoxy) is 1. The highest BCUT2D eigenvalue weighted by molar-refractivity contribution is 6.31. The number of nitrogens with one attached hydrogen (secondary N) is 1. The fourth-order valence-corrected chi connectivity index (χ4v) is 9.32. The molecular formula is C39H39Cl2N3O3. The smallest absolute Gasteiger partial charge is 0.324 e. The Bertz CT molecular complexity index is 1790. The quantitative estimate of drug-likeness (QED) is 0.126. The Balaban J connectivity index is 1.60. The molecule has 1 aromatic heterocycles. The zero-order chi connectivity index (χ0) is 33.0. The molecule has 1 aliphatic carbocycles. The van der Waals surface area contributed by atoms with Crippen molar-refractivity contribution >= 4 is 41.1 Å². The molecule has 1 spiro atoms. The van der Waals surface area contributed by atoms with E-state index in [9.17, 15) is 9.59 Å². The molecule has 4 aromatic rings. The van der Waals surface area contributed by atoms with Gasteiger partial charge in [-0.25, -0.2) is 4.98 Å².